The molecule has 0 N–H and O–H groups in total. The molecule has 0 aromatic heterocycles. The Kier molecular flexibility index (Phi) is 7.09. The summed E-state index contributed by atoms with van der Waals surface area (Å²) in [6, 6.07) is -0.0991. The largest absolute Gasteiger partial charge is 0.501 e. The summed E-state index contributed by atoms with van der Waals surface area (Å²) in [5, 5.41) is 11.0. The van der Waals surface area contributed by atoms with E-state index in [4.69, 9.17) is 0 Å². The van der Waals surface area contributed by atoms with E-state index >= 15 is 0 Å². The van der Waals surface area contributed by atoms with Crippen molar-refractivity contribution in [1.82, 2.24) is 0 Å². The molecule has 0 aliphatic carbocycles. The monoisotopic (exact) mass is 491 g/mol. The zero-order valence-electron chi connectivity index (χ0n) is 13.9. The average molecular weight is 491 g/mol. The molecule has 0 saturated carbocycles. The van der Waals surface area contributed by atoms with Crippen LogP contribution in [0.3, 0.4) is 0 Å². The second-order valence-corrected chi connectivity index (χ2v) is 9.22. The number of hydrogen-bond acceptors (Lipinski definition) is 8. The van der Waals surface area contributed by atoms with Crippen LogP contribution >= 0.6 is 0 Å². The molecular formula is C12H8F7NO8S2. The standard InChI is InChI=1S/C12H8F7NO8S2/c13-10(14)11(15,16)5-28-9(21)4-29(24,25)8-2-1-6(3-7(8)20(22)23)30(26,27)12(17,18)19/h1-3,10H,4-5H2. The van der Waals surface area contributed by atoms with Gasteiger partial charge in [-0.2, -0.15) is 22.0 Å². The summed E-state index contributed by atoms with van der Waals surface area (Å²) >= 11 is 0. The number of alkyl halides is 7. The van der Waals surface area contributed by atoms with Crippen molar-refractivity contribution < 1.29 is 62.0 Å². The summed E-state index contributed by atoms with van der Waals surface area (Å²) in [6.45, 7) is -2.22. The molecule has 0 atom stereocenters. The third-order valence-corrected chi connectivity index (χ3v) is 6.24. The van der Waals surface area contributed by atoms with Crippen LogP contribution in [0.1, 0.15) is 0 Å². The molecule has 170 valence electrons. The van der Waals surface area contributed by atoms with Gasteiger partial charge in [0.05, 0.1) is 9.82 Å². The fourth-order valence-electron chi connectivity index (χ4n) is 1.72. The van der Waals surface area contributed by atoms with Gasteiger partial charge in [-0.25, -0.2) is 25.6 Å². The molecule has 0 radical (unpaired) electrons. The molecule has 30 heavy (non-hydrogen) atoms. The van der Waals surface area contributed by atoms with Crippen LogP contribution < -0.4 is 0 Å². The number of nitro benzene ring substituents is 1. The Labute approximate surface area is 162 Å². The number of hydrogen-bond donors (Lipinski definition) is 0. The highest BCUT2D eigenvalue weighted by atomic mass is 32.2. The Morgan fingerprint density at radius 2 is 1.63 bits per heavy atom. The lowest BCUT2D eigenvalue weighted by Crippen LogP contribution is -2.34. The minimum atomic E-state index is -6.10. The van der Waals surface area contributed by atoms with E-state index in [1.54, 1.807) is 0 Å². The summed E-state index contributed by atoms with van der Waals surface area (Å²) in [5.74, 6) is -8.74. The van der Waals surface area contributed by atoms with E-state index < -0.39 is 76.3 Å². The van der Waals surface area contributed by atoms with Gasteiger partial charge in [0.2, 0.25) is 0 Å². The van der Waals surface area contributed by atoms with Crippen LogP contribution in [-0.4, -0.2) is 57.9 Å². The van der Waals surface area contributed by atoms with Gasteiger partial charge in [0, 0.05) is 6.07 Å². The Balaban J connectivity index is 3.27. The summed E-state index contributed by atoms with van der Waals surface area (Å²) in [7, 11) is -11.2. The zero-order valence-corrected chi connectivity index (χ0v) is 15.5. The molecule has 0 fully saturated rings. The van der Waals surface area contributed by atoms with Crippen LogP contribution in [0.5, 0.6) is 0 Å². The smallest absolute Gasteiger partial charge is 0.458 e. The van der Waals surface area contributed by atoms with E-state index in [9.17, 15) is 62.5 Å². The first kappa shape index (κ1) is 25.5. The number of sulfone groups is 2. The molecule has 0 unspecified atom stereocenters. The highest BCUT2D eigenvalue weighted by Gasteiger charge is 2.48. The molecule has 18 heteroatoms. The van der Waals surface area contributed by atoms with Gasteiger partial charge in [0.15, 0.2) is 22.2 Å². The van der Waals surface area contributed by atoms with Crippen molar-refractivity contribution in [2.45, 2.75) is 27.6 Å². The fraction of sp³-hybridized carbons (Fsp3) is 0.417. The maximum atomic E-state index is 12.7. The maximum Gasteiger partial charge on any atom is 0.501 e. The van der Waals surface area contributed by atoms with Crippen LogP contribution in [0.15, 0.2) is 28.0 Å². The van der Waals surface area contributed by atoms with Crippen LogP contribution in [0.25, 0.3) is 0 Å². The van der Waals surface area contributed by atoms with Gasteiger partial charge in [0.25, 0.3) is 15.5 Å². The van der Waals surface area contributed by atoms with Crippen LogP contribution in [0.2, 0.25) is 0 Å². The fourth-order valence-corrected chi connectivity index (χ4v) is 3.78. The lowest BCUT2D eigenvalue weighted by atomic mass is 10.3. The second-order valence-electron chi connectivity index (χ2n) is 5.32. The van der Waals surface area contributed by atoms with Gasteiger partial charge in [-0.15, -0.1) is 0 Å². The molecule has 0 aliphatic rings. The van der Waals surface area contributed by atoms with Crippen molar-refractivity contribution in [3.63, 3.8) is 0 Å². The number of esters is 1. The van der Waals surface area contributed by atoms with Crippen molar-refractivity contribution in [3.05, 3.63) is 28.3 Å². The van der Waals surface area contributed by atoms with Crippen molar-refractivity contribution in [2.75, 3.05) is 12.4 Å². The Bertz CT molecular complexity index is 1050. The topological polar surface area (TPSA) is 138 Å². The number of halogens is 7. The number of rotatable bonds is 8. The van der Waals surface area contributed by atoms with E-state index in [1.807, 2.05) is 0 Å². The van der Waals surface area contributed by atoms with Gasteiger partial charge < -0.3 is 4.74 Å². The first-order valence-electron chi connectivity index (χ1n) is 6.97. The van der Waals surface area contributed by atoms with Crippen molar-refractivity contribution in [2.24, 2.45) is 0 Å². The lowest BCUT2D eigenvalue weighted by molar-refractivity contribution is -0.388. The lowest BCUT2D eigenvalue weighted by Gasteiger charge is -2.15. The molecule has 1 rings (SSSR count). The second kappa shape index (κ2) is 8.32. The SMILES string of the molecule is O=C(CS(=O)(=O)c1ccc(S(=O)(=O)C(F)(F)F)cc1[N+](=O)[O-])OCC(F)(F)C(F)F. The number of carbonyl (C=O) groups is 1. The molecule has 1 aromatic rings. The summed E-state index contributed by atoms with van der Waals surface area (Å²) in [4.78, 5) is 17.6. The quantitative estimate of drug-likeness (QED) is 0.233. The molecule has 9 nitrogen and oxygen atoms in total. The molecule has 0 bridgehead atoms. The third kappa shape index (κ3) is 5.55. The van der Waals surface area contributed by atoms with Crippen LogP contribution in [0.4, 0.5) is 36.4 Å². The number of nitro groups is 1. The number of ether oxygens (including phenoxy) is 1. The third-order valence-electron chi connectivity index (χ3n) is 3.13. The first-order chi connectivity index (χ1) is 13.3. The van der Waals surface area contributed by atoms with Gasteiger partial charge in [-0.05, 0) is 12.1 Å². The minimum Gasteiger partial charge on any atom is -0.458 e. The van der Waals surface area contributed by atoms with E-state index in [0.29, 0.717) is 0 Å². The van der Waals surface area contributed by atoms with Crippen LogP contribution in [0, 0.1) is 10.1 Å². The Morgan fingerprint density at radius 1 is 1.10 bits per heavy atom. The van der Waals surface area contributed by atoms with Crippen molar-refractivity contribution >= 4 is 31.3 Å². The number of carbonyl (C=O) groups excluding carboxylic acids is 1. The predicted molar refractivity (Wildman–Crippen MR) is 80.3 cm³/mol. The van der Waals surface area contributed by atoms with E-state index in [1.165, 1.54) is 0 Å². The summed E-state index contributed by atoms with van der Waals surface area (Å²) in [5.41, 5.74) is -7.55. The molecule has 0 heterocycles. The van der Waals surface area contributed by atoms with Crippen LogP contribution in [-0.2, 0) is 29.2 Å². The van der Waals surface area contributed by atoms with Gasteiger partial charge in [0.1, 0.15) is 4.90 Å². The summed E-state index contributed by atoms with van der Waals surface area (Å²) < 4.78 is 137. The molecule has 0 aliphatic heterocycles. The normalized spacial score (nSPS) is 13.3. The maximum absolute atomic E-state index is 12.7. The van der Waals surface area contributed by atoms with Gasteiger partial charge in [-0.3, -0.25) is 14.9 Å². The highest BCUT2D eigenvalue weighted by molar-refractivity contribution is 7.92. The van der Waals surface area contributed by atoms with E-state index in [0.717, 1.165) is 0 Å². The zero-order chi connectivity index (χ0) is 23.7. The van der Waals surface area contributed by atoms with Crippen molar-refractivity contribution in [1.29, 1.82) is 0 Å². The molecule has 0 saturated heterocycles. The van der Waals surface area contributed by atoms with Gasteiger partial charge >= 0.3 is 23.8 Å². The van der Waals surface area contributed by atoms with Crippen molar-refractivity contribution in [3.8, 4) is 0 Å². The Morgan fingerprint density at radius 3 is 2.07 bits per heavy atom. The number of nitrogens with zero attached hydrogens (tertiary/aromatic N) is 1. The molecular weight excluding hydrogens is 483 g/mol. The summed E-state index contributed by atoms with van der Waals surface area (Å²) in [6.07, 6.45) is -4.26. The first-order valence-corrected chi connectivity index (χ1v) is 10.1. The molecule has 0 spiro atoms. The molecule has 0 amide bonds. The predicted octanol–water partition coefficient (Wildman–Crippen LogP) is 2.11. The van der Waals surface area contributed by atoms with Gasteiger partial charge in [-0.1, -0.05) is 0 Å². The van der Waals surface area contributed by atoms with E-state index in [2.05, 4.69) is 4.74 Å². The minimum absolute atomic E-state index is 0.0546. The molecule has 1 aromatic carbocycles. The average Bonchev–Trinajstić information content (AvgIpc) is 2.58. The van der Waals surface area contributed by atoms with E-state index in [-0.39, 0.29) is 18.2 Å². The Hall–Kier alpha value is -2.50. The highest BCUT2D eigenvalue weighted by Crippen LogP contribution is 2.34. The number of benzene rings is 1.